The molecule has 1 aromatic heterocycles. The van der Waals surface area contributed by atoms with Gasteiger partial charge in [0.25, 0.3) is 10.0 Å². The third-order valence-electron chi connectivity index (χ3n) is 5.92. The average Bonchev–Trinajstić information content (AvgIpc) is 3.26. The first kappa shape index (κ1) is 30.9. The van der Waals surface area contributed by atoms with Crippen LogP contribution in [0.4, 0.5) is 0 Å². The van der Waals surface area contributed by atoms with Gasteiger partial charge in [-0.1, -0.05) is 98.1 Å². The molecule has 1 heterocycles. The Hall–Kier alpha value is -2.32. The van der Waals surface area contributed by atoms with Gasteiger partial charge in [0.15, 0.2) is 0 Å². The van der Waals surface area contributed by atoms with Crippen molar-refractivity contribution in [2.45, 2.75) is 43.4 Å². The molecule has 0 amide bonds. The Bertz CT molecular complexity index is 1470. The first-order valence-electron chi connectivity index (χ1n) is 11.7. The molecule has 0 bridgehead atoms. The van der Waals surface area contributed by atoms with Crippen LogP contribution in [-0.4, -0.2) is 37.0 Å². The number of aromatic nitrogens is 1. The molecular formula is C30H29CuLiNO3S. The summed E-state index contributed by atoms with van der Waals surface area (Å²) in [7, 11) is -3.79. The van der Waals surface area contributed by atoms with E-state index < -0.39 is 10.0 Å². The van der Waals surface area contributed by atoms with E-state index in [1.165, 1.54) is 9.54 Å². The van der Waals surface area contributed by atoms with E-state index in [9.17, 15) is 13.2 Å². The van der Waals surface area contributed by atoms with Crippen LogP contribution in [0.15, 0.2) is 95.9 Å². The Morgan fingerprint density at radius 1 is 0.865 bits per heavy atom. The predicted octanol–water partition coefficient (Wildman–Crippen LogP) is 6.23. The van der Waals surface area contributed by atoms with Gasteiger partial charge < -0.3 is 6.92 Å². The quantitative estimate of drug-likeness (QED) is 0.222. The Labute approximate surface area is 242 Å². The zero-order valence-corrected chi connectivity index (χ0v) is 23.1. The Morgan fingerprint density at radius 3 is 2.00 bits per heavy atom. The largest absolute Gasteiger partial charge is 2.00 e. The van der Waals surface area contributed by atoms with Crippen LogP contribution in [0, 0.1) is 13.0 Å². The van der Waals surface area contributed by atoms with Crippen molar-refractivity contribution >= 4 is 51.1 Å². The maximum absolute atomic E-state index is 13.3. The molecule has 0 spiro atoms. The van der Waals surface area contributed by atoms with Crippen molar-refractivity contribution in [2.75, 3.05) is 0 Å². The molecule has 1 aliphatic carbocycles. The number of ketones is 1. The van der Waals surface area contributed by atoms with E-state index in [2.05, 4.69) is 39.0 Å². The maximum atomic E-state index is 13.3. The van der Waals surface area contributed by atoms with E-state index >= 15 is 0 Å². The van der Waals surface area contributed by atoms with Crippen molar-refractivity contribution < 1.29 is 30.3 Å². The summed E-state index contributed by atoms with van der Waals surface area (Å²) >= 11 is 0. The van der Waals surface area contributed by atoms with E-state index in [1.807, 2.05) is 30.3 Å². The number of benzene rings is 3. The third kappa shape index (κ3) is 7.16. The van der Waals surface area contributed by atoms with Crippen LogP contribution in [0.3, 0.4) is 0 Å². The van der Waals surface area contributed by atoms with Gasteiger partial charge in [0.05, 0.1) is 4.90 Å². The molecule has 190 valence electrons. The second-order valence-corrected chi connectivity index (χ2v) is 11.1. The summed E-state index contributed by atoms with van der Waals surface area (Å²) < 4.78 is 27.9. The Morgan fingerprint density at radius 2 is 1.43 bits per heavy atom. The fourth-order valence-corrected chi connectivity index (χ4v) is 5.61. The second kappa shape index (κ2) is 13.0. The number of hydrogen-bond donors (Lipinski definition) is 0. The van der Waals surface area contributed by atoms with Crippen LogP contribution in [0.1, 0.15) is 44.4 Å². The van der Waals surface area contributed by atoms with E-state index in [4.69, 9.17) is 0 Å². The summed E-state index contributed by atoms with van der Waals surface area (Å²) in [6.07, 6.45) is 3.47. The van der Waals surface area contributed by atoms with Crippen molar-refractivity contribution in [1.29, 1.82) is 0 Å². The smallest absolute Gasteiger partial charge is 0.333 e. The monoisotopic (exact) mass is 553 g/mol. The van der Waals surface area contributed by atoms with Gasteiger partial charge in [-0.05, 0) is 29.8 Å². The predicted molar refractivity (Wildman–Crippen MR) is 147 cm³/mol. The molecule has 2 radical (unpaired) electrons. The van der Waals surface area contributed by atoms with Crippen molar-refractivity contribution in [3.8, 4) is 0 Å². The summed E-state index contributed by atoms with van der Waals surface area (Å²) in [5.74, 6) is 0.0311. The normalized spacial score (nSPS) is 13.5. The standard InChI is InChI=1S/C20H16NO3S.C10H13.Cu.Li/c22-17-9-6-8-15(13-17)20-14-16-7-4-5-12-19(16)21(20)25(23,24)18-10-2-1-3-11-18;1-10(2,3)9-7-5-4-6-8-9;;/h1-5,7,10-13H,6,8-9H2;4-8H,1H2,2-3H3;;/q2*-1;+2;. The number of carbonyl (C=O) groups is 1. The number of nitrogens with zero attached hydrogens (tertiary/aromatic N) is 1. The summed E-state index contributed by atoms with van der Waals surface area (Å²) in [6.45, 7) is 8.27. The Balaban J connectivity index is 0.000000342. The molecule has 0 atom stereocenters. The second-order valence-electron chi connectivity index (χ2n) is 9.31. The van der Waals surface area contributed by atoms with Crippen LogP contribution in [0.2, 0.25) is 0 Å². The van der Waals surface area contributed by atoms with Gasteiger partial charge in [0, 0.05) is 25.3 Å². The van der Waals surface area contributed by atoms with E-state index in [0.717, 1.165) is 17.4 Å². The van der Waals surface area contributed by atoms with Crippen molar-refractivity contribution in [2.24, 2.45) is 0 Å². The van der Waals surface area contributed by atoms with Gasteiger partial charge in [-0.25, -0.2) is 8.42 Å². The average molecular weight is 554 g/mol. The molecule has 0 saturated heterocycles. The van der Waals surface area contributed by atoms with Gasteiger partial charge in [-0.3, -0.25) is 8.77 Å². The van der Waals surface area contributed by atoms with E-state index in [1.54, 1.807) is 48.5 Å². The zero-order valence-electron chi connectivity index (χ0n) is 21.4. The molecule has 3 aromatic carbocycles. The fourth-order valence-electron chi connectivity index (χ4n) is 4.08. The third-order valence-corrected chi connectivity index (χ3v) is 7.65. The minimum atomic E-state index is -3.79. The summed E-state index contributed by atoms with van der Waals surface area (Å²) in [5.41, 5.74) is 3.08. The molecule has 0 saturated carbocycles. The Kier molecular flexibility index (Phi) is 10.8. The van der Waals surface area contributed by atoms with Gasteiger partial charge in [-0.2, -0.15) is 0 Å². The number of rotatable bonds is 4. The van der Waals surface area contributed by atoms with Crippen LogP contribution < -0.4 is 0 Å². The molecule has 1 aliphatic rings. The SMILES string of the molecule is O=C1C=C(c2[c-]c3ccccc3n2S(=O)(=O)c2ccccc2)CCC1.[CH2-]C(C)(C)c1ccccc1.[Cu+2].[Li]. The molecule has 5 rings (SSSR count). The van der Waals surface area contributed by atoms with Crippen molar-refractivity contribution in [3.05, 3.63) is 115 Å². The summed E-state index contributed by atoms with van der Waals surface area (Å²) in [4.78, 5) is 12.1. The molecule has 7 heteroatoms. The molecule has 0 N–H and O–H groups in total. The molecule has 4 aromatic rings. The topological polar surface area (TPSA) is 56.1 Å². The van der Waals surface area contributed by atoms with Crippen LogP contribution in [0.5, 0.6) is 0 Å². The first-order valence-corrected chi connectivity index (χ1v) is 13.1. The fraction of sp³-hybridized carbons (Fsp3) is 0.200. The van der Waals surface area contributed by atoms with Crippen LogP contribution >= 0.6 is 0 Å². The van der Waals surface area contributed by atoms with Crippen molar-refractivity contribution in [1.82, 2.24) is 3.97 Å². The molecule has 0 fully saturated rings. The maximum Gasteiger partial charge on any atom is 2.00 e. The number of fused-ring (bicyclic) bond motifs is 1. The van der Waals surface area contributed by atoms with E-state index in [0.29, 0.717) is 24.1 Å². The first-order chi connectivity index (χ1) is 16.7. The minimum Gasteiger partial charge on any atom is -0.333 e. The molecule has 0 aliphatic heterocycles. The van der Waals surface area contributed by atoms with Gasteiger partial charge in [0.2, 0.25) is 0 Å². The van der Waals surface area contributed by atoms with Gasteiger partial charge in [0.1, 0.15) is 5.78 Å². The van der Waals surface area contributed by atoms with Gasteiger partial charge >= 0.3 is 17.1 Å². The van der Waals surface area contributed by atoms with Crippen LogP contribution in [-0.2, 0) is 37.3 Å². The number of hydrogen-bond acceptors (Lipinski definition) is 3. The van der Waals surface area contributed by atoms with Crippen molar-refractivity contribution in [3.63, 3.8) is 0 Å². The number of carbonyl (C=O) groups excluding carboxylic acids is 1. The number of para-hydroxylation sites is 1. The molecule has 0 unspecified atom stereocenters. The van der Waals surface area contributed by atoms with E-state index in [-0.39, 0.29) is 52.0 Å². The van der Waals surface area contributed by atoms with Gasteiger partial charge in [-0.15, -0.1) is 29.0 Å². The molecular weight excluding hydrogens is 525 g/mol. The number of allylic oxidation sites excluding steroid dienone is 2. The molecule has 37 heavy (non-hydrogen) atoms. The van der Waals surface area contributed by atoms with Crippen LogP contribution in [0.25, 0.3) is 16.5 Å². The zero-order chi connectivity index (χ0) is 25.1. The summed E-state index contributed by atoms with van der Waals surface area (Å²) in [5, 5.41) is 0.718. The summed E-state index contributed by atoms with van der Waals surface area (Å²) in [6, 6.07) is 29.1. The molecule has 4 nitrogen and oxygen atoms in total. The minimum absolute atomic E-state index is 0.